The highest BCUT2D eigenvalue weighted by atomic mass is 35.5. The van der Waals surface area contributed by atoms with Crippen LogP contribution in [0.5, 0.6) is 0 Å². The van der Waals surface area contributed by atoms with Gasteiger partial charge in [-0.25, -0.2) is 4.98 Å². The van der Waals surface area contributed by atoms with Gasteiger partial charge in [0.2, 0.25) is 0 Å². The van der Waals surface area contributed by atoms with Crippen molar-refractivity contribution < 1.29 is 8.78 Å². The molecule has 2 rings (SSSR count). The Balaban J connectivity index is 2.27. The molecule has 0 amide bonds. The van der Waals surface area contributed by atoms with Crippen molar-refractivity contribution in [3.8, 4) is 0 Å². The Morgan fingerprint density at radius 2 is 2.00 bits per heavy atom. The van der Waals surface area contributed by atoms with E-state index < -0.39 is 5.76 Å². The molecule has 1 aromatic carbocycles. The van der Waals surface area contributed by atoms with Gasteiger partial charge in [-0.05, 0) is 18.2 Å². The number of para-hydroxylation sites is 1. The van der Waals surface area contributed by atoms with Gasteiger partial charge in [-0.2, -0.15) is 8.78 Å². The second-order valence-electron chi connectivity index (χ2n) is 3.61. The van der Waals surface area contributed by atoms with E-state index in [2.05, 4.69) is 10.3 Å². The van der Waals surface area contributed by atoms with Crippen molar-refractivity contribution in [1.29, 1.82) is 0 Å². The maximum atomic E-state index is 12.4. The molecule has 1 aromatic heterocycles. The van der Waals surface area contributed by atoms with E-state index in [1.807, 2.05) is 0 Å². The first kappa shape index (κ1) is 13.9. The number of hydrogen-bond acceptors (Lipinski definition) is 4. The Labute approximate surface area is 118 Å². The van der Waals surface area contributed by atoms with Crippen molar-refractivity contribution in [2.45, 2.75) is 10.7 Å². The summed E-state index contributed by atoms with van der Waals surface area (Å²) in [4.78, 5) is 4.46. The number of halogens is 3. The third kappa shape index (κ3) is 3.97. The molecule has 0 fully saturated rings. The predicted octanol–water partition coefficient (Wildman–Crippen LogP) is 4.38. The van der Waals surface area contributed by atoms with Crippen molar-refractivity contribution >= 4 is 40.6 Å². The third-order valence-electron chi connectivity index (χ3n) is 2.18. The fourth-order valence-electron chi connectivity index (χ4n) is 1.49. The lowest BCUT2D eigenvalue weighted by Crippen LogP contribution is -1.98. The molecule has 0 aliphatic carbocycles. The van der Waals surface area contributed by atoms with Crippen LogP contribution < -0.4 is 11.1 Å². The second kappa shape index (κ2) is 6.08. The van der Waals surface area contributed by atoms with Gasteiger partial charge < -0.3 is 11.1 Å². The van der Waals surface area contributed by atoms with Gasteiger partial charge in [-0.3, -0.25) is 0 Å². The number of nitrogen functional groups attached to an aromatic ring is 1. The summed E-state index contributed by atoms with van der Waals surface area (Å²) in [6.07, 6.45) is 0. The molecule has 0 unspecified atom stereocenters. The minimum Gasteiger partial charge on any atom is -0.399 e. The number of alkyl halides is 2. The molecule has 7 heteroatoms. The molecule has 3 N–H and O–H groups in total. The van der Waals surface area contributed by atoms with Crippen LogP contribution in [-0.2, 0) is 0 Å². The van der Waals surface area contributed by atoms with Crippen LogP contribution in [0, 0.1) is 0 Å². The summed E-state index contributed by atoms with van der Waals surface area (Å²) in [5.41, 5.74) is 6.62. The van der Waals surface area contributed by atoms with Crippen molar-refractivity contribution in [2.75, 3.05) is 11.1 Å². The van der Waals surface area contributed by atoms with Gasteiger partial charge in [0.05, 0.1) is 5.69 Å². The van der Waals surface area contributed by atoms with E-state index in [4.69, 9.17) is 17.3 Å². The van der Waals surface area contributed by atoms with Gasteiger partial charge in [-0.1, -0.05) is 35.5 Å². The third-order valence-corrected chi connectivity index (χ3v) is 3.16. The molecule has 1 heterocycles. The lowest BCUT2D eigenvalue weighted by Gasteiger charge is -2.11. The van der Waals surface area contributed by atoms with Gasteiger partial charge in [0.25, 0.3) is 5.76 Å². The number of anilines is 3. The summed E-state index contributed by atoms with van der Waals surface area (Å²) in [5, 5.41) is 3.17. The number of pyridine rings is 1. The topological polar surface area (TPSA) is 50.9 Å². The van der Waals surface area contributed by atoms with Crippen LogP contribution in [0.3, 0.4) is 0 Å². The van der Waals surface area contributed by atoms with Gasteiger partial charge in [0, 0.05) is 16.6 Å². The summed E-state index contributed by atoms with van der Waals surface area (Å²) >= 11 is 6.25. The highest BCUT2D eigenvalue weighted by Crippen LogP contribution is 2.33. The first-order chi connectivity index (χ1) is 9.04. The number of nitrogens with one attached hydrogen (secondary N) is 1. The van der Waals surface area contributed by atoms with Crippen LogP contribution in [0.25, 0.3) is 0 Å². The van der Waals surface area contributed by atoms with Crippen LogP contribution >= 0.6 is 23.4 Å². The average Bonchev–Trinajstić information content (AvgIpc) is 2.29. The van der Waals surface area contributed by atoms with Gasteiger partial charge >= 0.3 is 0 Å². The number of nitrogens with zero attached hydrogens (tertiary/aromatic N) is 1. The number of rotatable bonds is 4. The van der Waals surface area contributed by atoms with E-state index in [1.165, 1.54) is 6.07 Å². The van der Waals surface area contributed by atoms with E-state index in [0.29, 0.717) is 33.9 Å². The summed E-state index contributed by atoms with van der Waals surface area (Å²) in [6.45, 7) is 0. The standard InChI is InChI=1S/C12H10ClF2N3S/c13-10-5-7(16)6-11(18-10)17-8-3-1-2-4-9(8)19-12(14)15/h1-6,12H,(H3,16,17,18). The highest BCUT2D eigenvalue weighted by Gasteiger charge is 2.10. The molecule has 100 valence electrons. The molecule has 2 aromatic rings. The Morgan fingerprint density at radius 1 is 1.26 bits per heavy atom. The summed E-state index contributed by atoms with van der Waals surface area (Å²) in [7, 11) is 0. The summed E-state index contributed by atoms with van der Waals surface area (Å²) < 4.78 is 24.9. The van der Waals surface area contributed by atoms with Gasteiger partial charge in [0.15, 0.2) is 0 Å². The molecule has 0 atom stereocenters. The lowest BCUT2D eigenvalue weighted by molar-refractivity contribution is 0.252. The second-order valence-corrected chi connectivity index (χ2v) is 5.03. The fourth-order valence-corrected chi connectivity index (χ4v) is 2.30. The Hall–Kier alpha value is -1.53. The number of nitrogens with two attached hydrogens (primary N) is 1. The average molecular weight is 302 g/mol. The predicted molar refractivity (Wildman–Crippen MR) is 75.2 cm³/mol. The maximum Gasteiger partial charge on any atom is 0.288 e. The van der Waals surface area contributed by atoms with E-state index >= 15 is 0 Å². The molecule has 19 heavy (non-hydrogen) atoms. The molecule has 0 saturated carbocycles. The molecule has 0 bridgehead atoms. The number of aromatic nitrogens is 1. The van der Waals surface area contributed by atoms with E-state index in [9.17, 15) is 8.78 Å². The molecule has 3 nitrogen and oxygen atoms in total. The van der Waals surface area contributed by atoms with Crippen LogP contribution in [0.1, 0.15) is 0 Å². The first-order valence-corrected chi connectivity index (χ1v) is 6.54. The van der Waals surface area contributed by atoms with E-state index in [1.54, 1.807) is 30.3 Å². The zero-order valence-electron chi connectivity index (χ0n) is 9.61. The summed E-state index contributed by atoms with van der Waals surface area (Å²) in [6, 6.07) is 9.81. The van der Waals surface area contributed by atoms with Crippen LogP contribution in [0.2, 0.25) is 5.15 Å². The molecular weight excluding hydrogens is 292 g/mol. The van der Waals surface area contributed by atoms with Crippen LogP contribution in [0.4, 0.5) is 26.0 Å². The largest absolute Gasteiger partial charge is 0.399 e. The first-order valence-electron chi connectivity index (χ1n) is 5.28. The number of benzene rings is 1. The molecule has 0 aliphatic heterocycles. The number of hydrogen-bond donors (Lipinski definition) is 2. The monoisotopic (exact) mass is 301 g/mol. The minimum atomic E-state index is -2.49. The molecule has 0 radical (unpaired) electrons. The number of thioether (sulfide) groups is 1. The highest BCUT2D eigenvalue weighted by molar-refractivity contribution is 7.99. The van der Waals surface area contributed by atoms with Gasteiger partial charge in [0.1, 0.15) is 11.0 Å². The fraction of sp³-hybridized carbons (Fsp3) is 0.0833. The van der Waals surface area contributed by atoms with Crippen molar-refractivity contribution in [3.63, 3.8) is 0 Å². The zero-order valence-corrected chi connectivity index (χ0v) is 11.2. The Bertz CT molecular complexity index is 560. The van der Waals surface area contributed by atoms with E-state index in [-0.39, 0.29) is 5.15 Å². The molecule has 0 aliphatic rings. The van der Waals surface area contributed by atoms with Gasteiger partial charge in [-0.15, -0.1) is 0 Å². The van der Waals surface area contributed by atoms with Crippen molar-refractivity contribution in [1.82, 2.24) is 4.98 Å². The molecule has 0 saturated heterocycles. The zero-order chi connectivity index (χ0) is 13.8. The maximum absolute atomic E-state index is 12.4. The minimum absolute atomic E-state index is 0.237. The smallest absolute Gasteiger partial charge is 0.288 e. The Kier molecular flexibility index (Phi) is 4.44. The normalized spacial score (nSPS) is 10.7. The quantitative estimate of drug-likeness (QED) is 0.650. The van der Waals surface area contributed by atoms with Crippen LogP contribution in [0.15, 0.2) is 41.3 Å². The molecule has 0 spiro atoms. The molecular formula is C12H10ClF2N3S. The lowest BCUT2D eigenvalue weighted by atomic mass is 10.3. The Morgan fingerprint density at radius 3 is 2.68 bits per heavy atom. The van der Waals surface area contributed by atoms with E-state index in [0.717, 1.165) is 0 Å². The SMILES string of the molecule is Nc1cc(Cl)nc(Nc2ccccc2SC(F)F)c1. The summed E-state index contributed by atoms with van der Waals surface area (Å²) in [5.74, 6) is -2.08. The van der Waals surface area contributed by atoms with Crippen molar-refractivity contribution in [2.24, 2.45) is 0 Å². The van der Waals surface area contributed by atoms with Crippen LogP contribution in [-0.4, -0.2) is 10.7 Å². The van der Waals surface area contributed by atoms with Crippen molar-refractivity contribution in [3.05, 3.63) is 41.6 Å².